The molecule has 0 saturated heterocycles. The van der Waals surface area contributed by atoms with Crippen molar-refractivity contribution < 1.29 is 9.53 Å². The van der Waals surface area contributed by atoms with E-state index in [2.05, 4.69) is 46.8 Å². The number of amides is 1. The monoisotopic (exact) mass is 442 g/mol. The number of benzene rings is 2. The van der Waals surface area contributed by atoms with E-state index in [-0.39, 0.29) is 5.91 Å². The van der Waals surface area contributed by atoms with E-state index in [0.29, 0.717) is 13.0 Å². The lowest BCUT2D eigenvalue weighted by Gasteiger charge is -2.11. The number of carbonyl (C=O) groups is 1. The van der Waals surface area contributed by atoms with Gasteiger partial charge in [-0.3, -0.25) is 14.3 Å². The summed E-state index contributed by atoms with van der Waals surface area (Å²) < 4.78 is 8.20. The molecule has 0 unspecified atom stereocenters. The number of fused-ring (bicyclic) bond motifs is 1. The van der Waals surface area contributed by atoms with Crippen molar-refractivity contribution in [2.75, 3.05) is 20.7 Å². The minimum absolute atomic E-state index is 0.176. The van der Waals surface area contributed by atoms with Crippen molar-refractivity contribution in [3.05, 3.63) is 72.6 Å². The fraction of sp³-hybridized carbons (Fsp3) is 0.296. The first-order valence-corrected chi connectivity index (χ1v) is 11.4. The Hall–Kier alpha value is -3.67. The van der Waals surface area contributed by atoms with Gasteiger partial charge in [-0.1, -0.05) is 17.7 Å². The Morgan fingerprint density at radius 1 is 1.03 bits per heavy atom. The average Bonchev–Trinajstić information content (AvgIpc) is 3.21. The summed E-state index contributed by atoms with van der Waals surface area (Å²) in [4.78, 5) is 22.5. The molecular formula is C27H30N4O2. The lowest BCUT2D eigenvalue weighted by Crippen LogP contribution is -2.21. The van der Waals surface area contributed by atoms with Crippen molar-refractivity contribution in [3.63, 3.8) is 0 Å². The summed E-state index contributed by atoms with van der Waals surface area (Å²) in [5.74, 6) is 1.85. The lowest BCUT2D eigenvalue weighted by atomic mass is 10.2. The van der Waals surface area contributed by atoms with Gasteiger partial charge in [0.15, 0.2) is 0 Å². The molecule has 33 heavy (non-hydrogen) atoms. The summed E-state index contributed by atoms with van der Waals surface area (Å²) in [6, 6.07) is 18.4. The Bertz CT molecular complexity index is 1210. The molecular weight excluding hydrogens is 412 g/mol. The molecule has 6 heteroatoms. The summed E-state index contributed by atoms with van der Waals surface area (Å²) >= 11 is 0. The van der Waals surface area contributed by atoms with Gasteiger partial charge in [0.2, 0.25) is 5.91 Å². The summed E-state index contributed by atoms with van der Waals surface area (Å²) in [7, 11) is 3.59. The quantitative estimate of drug-likeness (QED) is 0.325. The summed E-state index contributed by atoms with van der Waals surface area (Å²) in [5, 5.41) is 0. The maximum absolute atomic E-state index is 11.7. The van der Waals surface area contributed by atoms with Crippen LogP contribution >= 0.6 is 0 Å². The smallest absolute Gasteiger partial charge is 0.222 e. The molecule has 170 valence electrons. The van der Waals surface area contributed by atoms with E-state index in [9.17, 15) is 4.79 Å². The van der Waals surface area contributed by atoms with E-state index < -0.39 is 0 Å². The molecule has 1 amide bonds. The molecule has 0 bridgehead atoms. The highest BCUT2D eigenvalue weighted by molar-refractivity contribution is 5.84. The van der Waals surface area contributed by atoms with Crippen LogP contribution < -0.4 is 4.74 Å². The van der Waals surface area contributed by atoms with Crippen LogP contribution in [0.15, 0.2) is 67.0 Å². The van der Waals surface area contributed by atoms with Crippen LogP contribution in [0.25, 0.3) is 28.1 Å². The Balaban J connectivity index is 1.55. The zero-order chi connectivity index (χ0) is 23.2. The fourth-order valence-electron chi connectivity index (χ4n) is 3.76. The van der Waals surface area contributed by atoms with Crippen LogP contribution in [0.4, 0.5) is 0 Å². The topological polar surface area (TPSA) is 60.2 Å². The van der Waals surface area contributed by atoms with Gasteiger partial charge in [0.25, 0.3) is 0 Å². The number of aromatic nitrogens is 3. The van der Waals surface area contributed by atoms with E-state index in [4.69, 9.17) is 9.72 Å². The van der Waals surface area contributed by atoms with Crippen LogP contribution in [0, 0.1) is 6.92 Å². The van der Waals surface area contributed by atoms with Gasteiger partial charge >= 0.3 is 0 Å². The predicted octanol–water partition coefficient (Wildman–Crippen LogP) is 5.42. The standard InChI is InChI=1S/C27H30N4O2/c1-20-10-12-22(13-11-20)31-25-18-23(33-17-6-4-5-9-26(32)30(2)3)14-15-24(25)29-27(31)21-8-7-16-28-19-21/h7-8,10-16,18-19H,4-6,9,17H2,1-3H3. The van der Waals surface area contributed by atoms with Gasteiger partial charge in [0.1, 0.15) is 11.6 Å². The van der Waals surface area contributed by atoms with Crippen LogP contribution in [0.1, 0.15) is 31.2 Å². The van der Waals surface area contributed by atoms with Crippen molar-refractivity contribution in [3.8, 4) is 22.8 Å². The molecule has 4 rings (SSSR count). The molecule has 0 fully saturated rings. The molecule has 4 aromatic rings. The number of ether oxygens (including phenoxy) is 1. The lowest BCUT2D eigenvalue weighted by molar-refractivity contribution is -0.128. The number of rotatable bonds is 9. The molecule has 0 spiro atoms. The average molecular weight is 443 g/mol. The van der Waals surface area contributed by atoms with Crippen LogP contribution in [-0.2, 0) is 4.79 Å². The van der Waals surface area contributed by atoms with E-state index in [1.165, 1.54) is 5.56 Å². The molecule has 0 atom stereocenters. The summed E-state index contributed by atoms with van der Waals surface area (Å²) in [6.45, 7) is 2.70. The molecule has 6 nitrogen and oxygen atoms in total. The first kappa shape index (κ1) is 22.5. The number of hydrogen-bond donors (Lipinski definition) is 0. The second-order valence-electron chi connectivity index (χ2n) is 8.45. The Labute approximate surface area is 194 Å². The highest BCUT2D eigenvalue weighted by Gasteiger charge is 2.15. The molecule has 2 heterocycles. The van der Waals surface area contributed by atoms with E-state index in [1.54, 1.807) is 25.2 Å². The third-order valence-corrected chi connectivity index (χ3v) is 5.64. The normalized spacial score (nSPS) is 11.0. The molecule has 0 aliphatic rings. The molecule has 2 aromatic carbocycles. The van der Waals surface area contributed by atoms with Gasteiger partial charge < -0.3 is 9.64 Å². The third-order valence-electron chi connectivity index (χ3n) is 5.64. The maximum atomic E-state index is 11.7. The second kappa shape index (κ2) is 10.3. The Morgan fingerprint density at radius 3 is 2.58 bits per heavy atom. The molecule has 0 N–H and O–H groups in total. The summed E-state index contributed by atoms with van der Waals surface area (Å²) in [5.41, 5.74) is 5.12. The van der Waals surface area contributed by atoms with Crippen molar-refractivity contribution in [1.29, 1.82) is 0 Å². The number of pyridine rings is 1. The number of nitrogens with zero attached hydrogens (tertiary/aromatic N) is 4. The number of hydrogen-bond acceptors (Lipinski definition) is 4. The van der Waals surface area contributed by atoms with Gasteiger partial charge in [0.05, 0.1) is 17.6 Å². The first-order valence-electron chi connectivity index (χ1n) is 11.4. The van der Waals surface area contributed by atoms with Crippen LogP contribution in [0.5, 0.6) is 5.75 Å². The number of imidazole rings is 1. The maximum Gasteiger partial charge on any atom is 0.222 e. The molecule has 0 radical (unpaired) electrons. The summed E-state index contributed by atoms with van der Waals surface area (Å²) in [6.07, 6.45) is 6.96. The highest BCUT2D eigenvalue weighted by atomic mass is 16.5. The zero-order valence-electron chi connectivity index (χ0n) is 19.5. The third kappa shape index (κ3) is 5.40. The SMILES string of the molecule is Cc1ccc(-n2c(-c3cccnc3)nc3ccc(OCCCCCC(=O)N(C)C)cc32)cc1. The van der Waals surface area contributed by atoms with E-state index in [0.717, 1.165) is 53.1 Å². The molecule has 2 aromatic heterocycles. The first-order chi connectivity index (χ1) is 16.0. The number of unbranched alkanes of at least 4 members (excludes halogenated alkanes) is 2. The fourth-order valence-corrected chi connectivity index (χ4v) is 3.76. The molecule has 0 saturated carbocycles. The van der Waals surface area contributed by atoms with Crippen molar-refractivity contribution in [2.45, 2.75) is 32.6 Å². The van der Waals surface area contributed by atoms with Crippen molar-refractivity contribution >= 4 is 16.9 Å². The van der Waals surface area contributed by atoms with Crippen LogP contribution in [-0.4, -0.2) is 46.0 Å². The van der Waals surface area contributed by atoms with Gasteiger partial charge in [-0.25, -0.2) is 4.98 Å². The van der Waals surface area contributed by atoms with E-state index in [1.807, 2.05) is 30.5 Å². The van der Waals surface area contributed by atoms with E-state index >= 15 is 0 Å². The second-order valence-corrected chi connectivity index (χ2v) is 8.45. The highest BCUT2D eigenvalue weighted by Crippen LogP contribution is 2.30. The number of aryl methyl sites for hydroxylation is 1. The Kier molecular flexibility index (Phi) is 7.03. The Morgan fingerprint density at radius 2 is 1.85 bits per heavy atom. The predicted molar refractivity (Wildman–Crippen MR) is 132 cm³/mol. The van der Waals surface area contributed by atoms with Gasteiger partial charge in [-0.15, -0.1) is 0 Å². The van der Waals surface area contributed by atoms with Crippen LogP contribution in [0.2, 0.25) is 0 Å². The van der Waals surface area contributed by atoms with Gasteiger partial charge in [-0.2, -0.15) is 0 Å². The number of carbonyl (C=O) groups excluding carboxylic acids is 1. The van der Waals surface area contributed by atoms with Crippen molar-refractivity contribution in [2.24, 2.45) is 0 Å². The van der Waals surface area contributed by atoms with Crippen molar-refractivity contribution in [1.82, 2.24) is 19.4 Å². The van der Waals surface area contributed by atoms with Crippen LogP contribution in [0.3, 0.4) is 0 Å². The minimum Gasteiger partial charge on any atom is -0.494 e. The largest absolute Gasteiger partial charge is 0.494 e. The zero-order valence-corrected chi connectivity index (χ0v) is 19.5. The minimum atomic E-state index is 0.176. The van der Waals surface area contributed by atoms with Gasteiger partial charge in [-0.05, 0) is 62.6 Å². The van der Waals surface area contributed by atoms with Gasteiger partial charge in [0, 0.05) is 50.2 Å². The molecule has 0 aliphatic heterocycles. The molecule has 0 aliphatic carbocycles.